The molecule has 0 unspecified atom stereocenters. The maximum Gasteiger partial charge on any atom is 0.359 e. The molecule has 142 valence electrons. The van der Waals surface area contributed by atoms with Crippen molar-refractivity contribution in [3.8, 4) is 5.75 Å². The summed E-state index contributed by atoms with van der Waals surface area (Å²) in [7, 11) is 1.67. The molecule has 0 saturated carbocycles. The molecule has 2 heterocycles. The number of carbonyl (C=O) groups is 1. The summed E-state index contributed by atoms with van der Waals surface area (Å²) in [5, 5.41) is 0.712. The van der Waals surface area contributed by atoms with Gasteiger partial charge in [-0.1, -0.05) is 42.1 Å². The van der Waals surface area contributed by atoms with Crippen LogP contribution in [0.4, 0.5) is 0 Å². The number of thioether (sulfide) groups is 1. The first-order valence-corrected chi connectivity index (χ1v) is 9.69. The zero-order valence-corrected chi connectivity index (χ0v) is 16.4. The Hall–Kier alpha value is -2.74. The highest BCUT2D eigenvalue weighted by atomic mass is 32.2. The summed E-state index contributed by atoms with van der Waals surface area (Å²) in [6.07, 6.45) is 1.59. The maximum atomic E-state index is 12.8. The quantitative estimate of drug-likeness (QED) is 0.397. The number of esters is 1. The van der Waals surface area contributed by atoms with Gasteiger partial charge in [-0.3, -0.25) is 4.79 Å². The van der Waals surface area contributed by atoms with Crippen molar-refractivity contribution in [3.05, 3.63) is 51.9 Å². The fourth-order valence-corrected chi connectivity index (χ4v) is 3.11. The Morgan fingerprint density at radius 1 is 1.30 bits per heavy atom. The molecule has 3 aromatic rings. The summed E-state index contributed by atoms with van der Waals surface area (Å²) in [4.78, 5) is 32.5. The van der Waals surface area contributed by atoms with Crippen LogP contribution >= 0.6 is 11.8 Å². The Bertz CT molecular complexity index is 1020. The highest BCUT2D eigenvalue weighted by Crippen LogP contribution is 2.31. The standard InChI is InChI=1S/C19H21N3O4S/c1-11(2)26-15-13-16(20-19(27-4)21-17(13)23)22(3)14(15)18(24)25-10-12-8-6-5-7-9-12/h5-9,11H,10H2,1-4H3,(H,20,21,23). The predicted molar refractivity (Wildman–Crippen MR) is 104 cm³/mol. The Morgan fingerprint density at radius 2 is 2.00 bits per heavy atom. The summed E-state index contributed by atoms with van der Waals surface area (Å²) in [6, 6.07) is 9.39. The third kappa shape index (κ3) is 3.85. The number of benzene rings is 1. The van der Waals surface area contributed by atoms with E-state index in [-0.39, 0.29) is 35.1 Å². The van der Waals surface area contributed by atoms with Gasteiger partial charge < -0.3 is 19.0 Å². The van der Waals surface area contributed by atoms with E-state index < -0.39 is 5.97 Å². The molecule has 1 aromatic carbocycles. The van der Waals surface area contributed by atoms with E-state index in [2.05, 4.69) is 9.97 Å². The third-order valence-electron chi connectivity index (χ3n) is 3.93. The highest BCUT2D eigenvalue weighted by molar-refractivity contribution is 7.98. The summed E-state index contributed by atoms with van der Waals surface area (Å²) in [5.41, 5.74) is 1.07. The van der Waals surface area contributed by atoms with Crippen molar-refractivity contribution < 1.29 is 14.3 Å². The van der Waals surface area contributed by atoms with E-state index in [1.54, 1.807) is 11.6 Å². The normalized spacial score (nSPS) is 11.1. The second-order valence-corrected chi connectivity index (χ2v) is 7.03. The van der Waals surface area contributed by atoms with Crippen LogP contribution in [-0.4, -0.2) is 32.9 Å². The highest BCUT2D eigenvalue weighted by Gasteiger charge is 2.28. The third-order valence-corrected chi connectivity index (χ3v) is 4.51. The van der Waals surface area contributed by atoms with Gasteiger partial charge in [0.25, 0.3) is 5.56 Å². The van der Waals surface area contributed by atoms with Crippen LogP contribution in [-0.2, 0) is 18.4 Å². The van der Waals surface area contributed by atoms with Crippen molar-refractivity contribution in [2.24, 2.45) is 7.05 Å². The van der Waals surface area contributed by atoms with Gasteiger partial charge in [0, 0.05) is 7.05 Å². The fraction of sp³-hybridized carbons (Fsp3) is 0.316. The molecule has 0 fully saturated rings. The van der Waals surface area contributed by atoms with E-state index in [0.29, 0.717) is 10.8 Å². The molecule has 7 nitrogen and oxygen atoms in total. The monoisotopic (exact) mass is 387 g/mol. The molecule has 1 N–H and O–H groups in total. The number of rotatable bonds is 6. The summed E-state index contributed by atoms with van der Waals surface area (Å²) >= 11 is 1.31. The smallest absolute Gasteiger partial charge is 0.359 e. The SMILES string of the molecule is CSc1nc2c(c(OC(C)C)c(C(=O)OCc3ccccc3)n2C)c(=O)[nH]1. The molecule has 2 aromatic heterocycles. The topological polar surface area (TPSA) is 86.2 Å². The summed E-state index contributed by atoms with van der Waals surface area (Å²) in [5.74, 6) is -0.373. The van der Waals surface area contributed by atoms with E-state index in [9.17, 15) is 9.59 Å². The molecule has 0 aliphatic rings. The second-order valence-electron chi connectivity index (χ2n) is 6.24. The molecular weight excluding hydrogens is 366 g/mol. The van der Waals surface area contributed by atoms with Crippen LogP contribution in [0.15, 0.2) is 40.3 Å². The number of hydrogen-bond donors (Lipinski definition) is 1. The molecule has 0 atom stereocenters. The summed E-state index contributed by atoms with van der Waals surface area (Å²) in [6.45, 7) is 3.79. The number of fused-ring (bicyclic) bond motifs is 1. The number of nitrogens with zero attached hydrogens (tertiary/aromatic N) is 2. The number of H-pyrrole nitrogens is 1. The van der Waals surface area contributed by atoms with Crippen molar-refractivity contribution in [3.63, 3.8) is 0 Å². The van der Waals surface area contributed by atoms with Gasteiger partial charge in [0.2, 0.25) is 0 Å². The zero-order valence-electron chi connectivity index (χ0n) is 15.6. The van der Waals surface area contributed by atoms with Crippen LogP contribution in [0.2, 0.25) is 0 Å². The molecule has 8 heteroatoms. The first-order valence-electron chi connectivity index (χ1n) is 8.46. The fourth-order valence-electron chi connectivity index (χ4n) is 2.73. The van der Waals surface area contributed by atoms with Crippen LogP contribution < -0.4 is 10.3 Å². The van der Waals surface area contributed by atoms with Gasteiger partial charge in [-0.15, -0.1) is 0 Å². The molecule has 0 radical (unpaired) electrons. The van der Waals surface area contributed by atoms with Crippen molar-refractivity contribution in [1.29, 1.82) is 0 Å². The van der Waals surface area contributed by atoms with E-state index in [1.807, 2.05) is 50.4 Å². The first-order chi connectivity index (χ1) is 12.9. The lowest BCUT2D eigenvalue weighted by Crippen LogP contribution is -2.15. The molecule has 0 aliphatic heterocycles. The number of ether oxygens (including phenoxy) is 2. The minimum absolute atomic E-state index is 0.127. The van der Waals surface area contributed by atoms with Crippen LogP contribution in [0.1, 0.15) is 29.9 Å². The number of aromatic nitrogens is 3. The Morgan fingerprint density at radius 3 is 2.63 bits per heavy atom. The lowest BCUT2D eigenvalue weighted by molar-refractivity contribution is 0.0455. The number of aromatic amines is 1. The lowest BCUT2D eigenvalue weighted by Gasteiger charge is -2.12. The number of hydrogen-bond acceptors (Lipinski definition) is 6. The second kappa shape index (κ2) is 7.87. The van der Waals surface area contributed by atoms with E-state index in [0.717, 1.165) is 5.56 Å². The van der Waals surface area contributed by atoms with Gasteiger partial charge >= 0.3 is 5.97 Å². The van der Waals surface area contributed by atoms with Gasteiger partial charge in [-0.25, -0.2) is 9.78 Å². The first kappa shape index (κ1) is 19.0. The molecule has 0 amide bonds. The van der Waals surface area contributed by atoms with Crippen molar-refractivity contribution in [1.82, 2.24) is 14.5 Å². The molecule has 3 rings (SSSR count). The van der Waals surface area contributed by atoms with Crippen LogP contribution in [0, 0.1) is 0 Å². The van der Waals surface area contributed by atoms with Gasteiger partial charge in [-0.2, -0.15) is 0 Å². The molecule has 0 spiro atoms. The Labute approximate surface area is 160 Å². The number of aryl methyl sites for hydroxylation is 1. The van der Waals surface area contributed by atoms with Crippen LogP contribution in [0.3, 0.4) is 0 Å². The van der Waals surface area contributed by atoms with Crippen molar-refractivity contribution in [2.45, 2.75) is 31.7 Å². The average Bonchev–Trinajstić information content (AvgIpc) is 2.92. The molecule has 0 bridgehead atoms. The van der Waals surface area contributed by atoms with Gasteiger partial charge in [0.05, 0.1) is 6.10 Å². The minimum atomic E-state index is -0.569. The Balaban J connectivity index is 2.07. The molecule has 0 aliphatic carbocycles. The van der Waals surface area contributed by atoms with Crippen LogP contribution in [0.25, 0.3) is 11.0 Å². The zero-order chi connectivity index (χ0) is 19.6. The summed E-state index contributed by atoms with van der Waals surface area (Å²) < 4.78 is 12.8. The van der Waals surface area contributed by atoms with E-state index in [4.69, 9.17) is 9.47 Å². The van der Waals surface area contributed by atoms with Crippen LogP contribution in [0.5, 0.6) is 5.75 Å². The maximum absolute atomic E-state index is 12.8. The van der Waals surface area contributed by atoms with Crippen molar-refractivity contribution in [2.75, 3.05) is 6.26 Å². The largest absolute Gasteiger partial charge is 0.488 e. The minimum Gasteiger partial charge on any atom is -0.488 e. The predicted octanol–water partition coefficient (Wildman–Crippen LogP) is 3.13. The van der Waals surface area contributed by atoms with Gasteiger partial charge in [0.1, 0.15) is 12.0 Å². The van der Waals surface area contributed by atoms with Gasteiger partial charge in [0.15, 0.2) is 22.2 Å². The van der Waals surface area contributed by atoms with Gasteiger partial charge in [-0.05, 0) is 25.7 Å². The average molecular weight is 387 g/mol. The van der Waals surface area contributed by atoms with E-state index in [1.165, 1.54) is 11.8 Å². The lowest BCUT2D eigenvalue weighted by atomic mass is 10.2. The number of nitrogens with one attached hydrogen (secondary N) is 1. The molecular formula is C19H21N3O4S. The van der Waals surface area contributed by atoms with Crippen molar-refractivity contribution >= 4 is 28.8 Å². The Kier molecular flexibility index (Phi) is 5.55. The molecule has 0 saturated heterocycles. The number of carbonyl (C=O) groups excluding carboxylic acids is 1. The molecule has 27 heavy (non-hydrogen) atoms. The van der Waals surface area contributed by atoms with E-state index >= 15 is 0 Å².